The van der Waals surface area contributed by atoms with E-state index in [1.54, 1.807) is 6.20 Å². The van der Waals surface area contributed by atoms with E-state index in [1.807, 2.05) is 26.0 Å². The minimum absolute atomic E-state index is 0.639. The van der Waals surface area contributed by atoms with Gasteiger partial charge in [-0.05, 0) is 53.7 Å². The first kappa shape index (κ1) is 10.7. The second-order valence-corrected chi connectivity index (χ2v) is 4.93. The van der Waals surface area contributed by atoms with Crippen molar-refractivity contribution in [2.45, 2.75) is 24.1 Å². The Morgan fingerprint density at radius 1 is 1.33 bits per heavy atom. The molecule has 78 valence electrons. The van der Waals surface area contributed by atoms with Gasteiger partial charge in [0.1, 0.15) is 10.8 Å². The van der Waals surface area contributed by atoms with Gasteiger partial charge in [0.05, 0.1) is 5.69 Å². The number of oxazole rings is 1. The van der Waals surface area contributed by atoms with E-state index in [0.717, 1.165) is 21.0 Å². The van der Waals surface area contributed by atoms with Crippen LogP contribution in [-0.2, 0) is 0 Å². The van der Waals surface area contributed by atoms with Gasteiger partial charge >= 0.3 is 0 Å². The van der Waals surface area contributed by atoms with Crippen LogP contribution in [-0.4, -0.2) is 9.97 Å². The number of hydrogen-bond acceptors (Lipinski definition) is 4. The first-order valence-electron chi connectivity index (χ1n) is 4.38. The lowest BCUT2D eigenvalue weighted by Crippen LogP contribution is -1.79. The van der Waals surface area contributed by atoms with E-state index < -0.39 is 0 Å². The highest BCUT2D eigenvalue weighted by Gasteiger charge is 2.07. The number of pyridine rings is 1. The van der Waals surface area contributed by atoms with Gasteiger partial charge < -0.3 is 4.42 Å². The van der Waals surface area contributed by atoms with Crippen LogP contribution in [0.5, 0.6) is 0 Å². The third kappa shape index (κ3) is 2.60. The molecular weight excluding hydrogens is 276 g/mol. The lowest BCUT2D eigenvalue weighted by molar-refractivity contribution is 0.431. The van der Waals surface area contributed by atoms with E-state index in [-0.39, 0.29) is 0 Å². The molecule has 2 aromatic heterocycles. The van der Waals surface area contributed by atoms with Crippen LogP contribution in [0.15, 0.2) is 37.5 Å². The summed E-state index contributed by atoms with van der Waals surface area (Å²) in [7, 11) is 0. The molecule has 2 rings (SSSR count). The molecule has 2 heterocycles. The smallest absolute Gasteiger partial charge is 0.262 e. The molecule has 0 saturated heterocycles. The zero-order valence-corrected chi connectivity index (χ0v) is 10.7. The topological polar surface area (TPSA) is 38.9 Å². The largest absolute Gasteiger partial charge is 0.436 e. The van der Waals surface area contributed by atoms with Gasteiger partial charge in [0.2, 0.25) is 0 Å². The normalized spacial score (nSPS) is 10.6. The van der Waals surface area contributed by atoms with Gasteiger partial charge in [-0.3, -0.25) is 0 Å². The molecule has 0 aromatic carbocycles. The quantitative estimate of drug-likeness (QED) is 0.845. The van der Waals surface area contributed by atoms with Crippen molar-refractivity contribution < 1.29 is 4.42 Å². The highest BCUT2D eigenvalue weighted by Crippen LogP contribution is 2.27. The lowest BCUT2D eigenvalue weighted by atomic mass is 10.4. The molecule has 2 aromatic rings. The van der Waals surface area contributed by atoms with Gasteiger partial charge in [0, 0.05) is 10.7 Å². The Balaban J connectivity index is 2.18. The summed E-state index contributed by atoms with van der Waals surface area (Å²) in [4.78, 5) is 8.50. The molecule has 0 unspecified atom stereocenters. The average Bonchev–Trinajstić information content (AvgIpc) is 2.50. The highest BCUT2D eigenvalue weighted by molar-refractivity contribution is 9.10. The minimum Gasteiger partial charge on any atom is -0.436 e. The fourth-order valence-corrected chi connectivity index (χ4v) is 2.00. The Bertz CT molecular complexity index is 447. The van der Waals surface area contributed by atoms with Gasteiger partial charge in [-0.25, -0.2) is 9.97 Å². The molecule has 0 aliphatic rings. The Labute approximate surface area is 100 Å². The number of nitrogens with zero attached hydrogens (tertiary/aromatic N) is 2. The van der Waals surface area contributed by atoms with Gasteiger partial charge in [-0.2, -0.15) is 0 Å². The second kappa shape index (κ2) is 4.37. The van der Waals surface area contributed by atoms with Crippen molar-refractivity contribution >= 4 is 27.7 Å². The van der Waals surface area contributed by atoms with Gasteiger partial charge in [0.15, 0.2) is 0 Å². The summed E-state index contributed by atoms with van der Waals surface area (Å²) in [6.07, 6.45) is 1.75. The number of rotatable bonds is 2. The van der Waals surface area contributed by atoms with E-state index in [9.17, 15) is 0 Å². The maximum absolute atomic E-state index is 5.45. The van der Waals surface area contributed by atoms with Crippen LogP contribution in [0.25, 0.3) is 0 Å². The summed E-state index contributed by atoms with van der Waals surface area (Å²) in [6, 6.07) is 3.86. The van der Waals surface area contributed by atoms with Gasteiger partial charge in [-0.1, -0.05) is 0 Å². The van der Waals surface area contributed by atoms with E-state index >= 15 is 0 Å². The van der Waals surface area contributed by atoms with Crippen molar-refractivity contribution in [2.24, 2.45) is 0 Å². The maximum Gasteiger partial charge on any atom is 0.262 e. The molecular formula is C10H9BrN2OS. The third-order valence-electron chi connectivity index (χ3n) is 1.90. The lowest BCUT2D eigenvalue weighted by Gasteiger charge is -1.95. The van der Waals surface area contributed by atoms with Gasteiger partial charge in [0.25, 0.3) is 5.22 Å². The van der Waals surface area contributed by atoms with Crippen LogP contribution in [0, 0.1) is 13.8 Å². The molecule has 0 aliphatic heterocycles. The highest BCUT2D eigenvalue weighted by atomic mass is 79.9. The molecule has 0 saturated carbocycles. The number of aryl methyl sites for hydroxylation is 2. The summed E-state index contributed by atoms with van der Waals surface area (Å²) in [5.74, 6) is 0.856. The van der Waals surface area contributed by atoms with Crippen molar-refractivity contribution in [3.63, 3.8) is 0 Å². The van der Waals surface area contributed by atoms with E-state index in [2.05, 4.69) is 25.9 Å². The summed E-state index contributed by atoms with van der Waals surface area (Å²) < 4.78 is 6.41. The predicted octanol–water partition coefficient (Wildman–Crippen LogP) is 3.60. The fourth-order valence-electron chi connectivity index (χ4n) is 0.999. The zero-order valence-electron chi connectivity index (χ0n) is 8.32. The molecule has 0 aliphatic carbocycles. The summed E-state index contributed by atoms with van der Waals surface area (Å²) >= 11 is 4.76. The Morgan fingerprint density at radius 3 is 2.67 bits per heavy atom. The molecule has 5 heteroatoms. The molecule has 0 bridgehead atoms. The zero-order chi connectivity index (χ0) is 10.8. The average molecular weight is 285 g/mol. The molecule has 0 atom stereocenters. The van der Waals surface area contributed by atoms with Crippen LogP contribution in [0.3, 0.4) is 0 Å². The molecule has 0 N–H and O–H groups in total. The van der Waals surface area contributed by atoms with Crippen molar-refractivity contribution in [1.82, 2.24) is 9.97 Å². The Morgan fingerprint density at radius 2 is 2.13 bits per heavy atom. The molecule has 3 nitrogen and oxygen atoms in total. The third-order valence-corrected chi connectivity index (χ3v) is 3.17. The van der Waals surface area contributed by atoms with E-state index in [1.165, 1.54) is 11.8 Å². The first-order chi connectivity index (χ1) is 7.15. The maximum atomic E-state index is 5.45. The van der Waals surface area contributed by atoms with Crippen molar-refractivity contribution in [3.8, 4) is 0 Å². The Hall–Kier alpha value is -0.810. The molecule has 0 fully saturated rings. The monoisotopic (exact) mass is 284 g/mol. The van der Waals surface area contributed by atoms with Crippen molar-refractivity contribution in [2.75, 3.05) is 0 Å². The van der Waals surface area contributed by atoms with Crippen molar-refractivity contribution in [1.29, 1.82) is 0 Å². The van der Waals surface area contributed by atoms with E-state index in [0.29, 0.717) is 5.22 Å². The fraction of sp³-hybridized carbons (Fsp3) is 0.200. The van der Waals surface area contributed by atoms with Crippen LogP contribution in [0.2, 0.25) is 0 Å². The Kier molecular flexibility index (Phi) is 3.11. The number of halogens is 1. The molecule has 15 heavy (non-hydrogen) atoms. The molecule has 0 radical (unpaired) electrons. The number of aromatic nitrogens is 2. The van der Waals surface area contributed by atoms with Crippen LogP contribution < -0.4 is 0 Å². The molecule has 0 amide bonds. The first-order valence-corrected chi connectivity index (χ1v) is 5.99. The summed E-state index contributed by atoms with van der Waals surface area (Å²) in [5.41, 5.74) is 0.926. The van der Waals surface area contributed by atoms with Gasteiger partial charge in [-0.15, -0.1) is 0 Å². The predicted molar refractivity (Wildman–Crippen MR) is 62.0 cm³/mol. The summed E-state index contributed by atoms with van der Waals surface area (Å²) in [5, 5.41) is 1.51. The standard InChI is InChI=1S/C10H9BrN2OS/c1-6-7(2)14-10(13-6)15-9-4-3-8(11)5-12-9/h3-5H,1-2H3. The number of hydrogen-bond donors (Lipinski definition) is 0. The van der Waals surface area contributed by atoms with Crippen LogP contribution in [0.1, 0.15) is 11.5 Å². The van der Waals surface area contributed by atoms with Crippen LogP contribution >= 0.6 is 27.7 Å². The van der Waals surface area contributed by atoms with E-state index in [4.69, 9.17) is 4.42 Å². The second-order valence-electron chi connectivity index (χ2n) is 3.04. The molecule has 0 spiro atoms. The van der Waals surface area contributed by atoms with Crippen molar-refractivity contribution in [3.05, 3.63) is 34.3 Å². The summed E-state index contributed by atoms with van der Waals surface area (Å²) in [6.45, 7) is 3.83. The minimum atomic E-state index is 0.639. The van der Waals surface area contributed by atoms with Crippen LogP contribution in [0.4, 0.5) is 0 Å². The SMILES string of the molecule is Cc1nc(Sc2ccc(Br)cn2)oc1C.